The highest BCUT2D eigenvalue weighted by atomic mass is 16.5. The number of rotatable bonds is 9. The van der Waals surface area contributed by atoms with Gasteiger partial charge in [-0.05, 0) is 58.3 Å². The number of piperidine rings is 1. The van der Waals surface area contributed by atoms with E-state index in [0.717, 1.165) is 45.4 Å². The van der Waals surface area contributed by atoms with Crippen LogP contribution < -0.4 is 27.8 Å². The molecule has 2 saturated heterocycles. The Morgan fingerprint density at radius 3 is 2.35 bits per heavy atom. The highest BCUT2D eigenvalue weighted by Gasteiger charge is 2.22. The van der Waals surface area contributed by atoms with Gasteiger partial charge in [0.15, 0.2) is 5.96 Å². The van der Waals surface area contributed by atoms with E-state index < -0.39 is 5.91 Å². The first-order chi connectivity index (χ1) is 19.1. The molecule has 40 heavy (non-hydrogen) atoms. The number of carbonyl (C=O) groups excluding carboxylic acids is 3. The highest BCUT2D eigenvalue weighted by molar-refractivity contribution is 5.93. The first-order valence-corrected chi connectivity index (χ1v) is 13.2. The first kappa shape index (κ1) is 32.3. The molecule has 2 amide bonds. The predicted molar refractivity (Wildman–Crippen MR) is 156 cm³/mol. The molecule has 2 aliphatic rings. The van der Waals surface area contributed by atoms with Gasteiger partial charge in [0.05, 0.1) is 19.3 Å². The molecule has 0 bridgehead atoms. The van der Waals surface area contributed by atoms with Crippen molar-refractivity contribution < 1.29 is 19.1 Å². The minimum Gasteiger partial charge on any atom is -0.391 e. The van der Waals surface area contributed by atoms with Crippen LogP contribution in [0.25, 0.3) is 0 Å². The first-order valence-electron chi connectivity index (χ1n) is 13.2. The minimum absolute atomic E-state index is 0.0219. The summed E-state index contributed by atoms with van der Waals surface area (Å²) in [5, 5.41) is 5.72. The van der Waals surface area contributed by atoms with Crippen LogP contribution in [-0.4, -0.2) is 112 Å². The van der Waals surface area contributed by atoms with Crippen LogP contribution in [0.5, 0.6) is 0 Å². The Bertz CT molecular complexity index is 1060. The van der Waals surface area contributed by atoms with E-state index in [9.17, 15) is 14.4 Å². The molecule has 220 valence electrons. The van der Waals surface area contributed by atoms with Crippen molar-refractivity contribution in [2.75, 3.05) is 72.4 Å². The fourth-order valence-corrected chi connectivity index (χ4v) is 3.82. The number of hydrogen-bond acceptors (Lipinski definition) is 9. The second-order valence-electron chi connectivity index (χ2n) is 9.82. The highest BCUT2D eigenvalue weighted by Crippen LogP contribution is 2.14. The zero-order chi connectivity index (χ0) is 29.5. The number of carbonyl (C=O) groups is 3. The van der Waals surface area contributed by atoms with Crippen LogP contribution in [0.3, 0.4) is 0 Å². The lowest BCUT2D eigenvalue weighted by atomic mass is 10.1. The molecule has 8 N–H and O–H groups in total. The lowest BCUT2D eigenvalue weighted by molar-refractivity contribution is -0.127. The lowest BCUT2D eigenvalue weighted by Crippen LogP contribution is -2.43. The van der Waals surface area contributed by atoms with Crippen molar-refractivity contribution in [3.63, 3.8) is 0 Å². The molecule has 0 radical (unpaired) electrons. The van der Waals surface area contributed by atoms with Crippen LogP contribution in [0.4, 0.5) is 5.69 Å². The second-order valence-corrected chi connectivity index (χ2v) is 9.82. The van der Waals surface area contributed by atoms with Gasteiger partial charge in [-0.1, -0.05) is 6.08 Å². The molecule has 13 heteroatoms. The van der Waals surface area contributed by atoms with E-state index in [1.54, 1.807) is 35.2 Å². The van der Waals surface area contributed by atoms with Gasteiger partial charge in [-0.15, -0.1) is 0 Å². The van der Waals surface area contributed by atoms with Crippen molar-refractivity contribution in [1.82, 2.24) is 20.0 Å². The number of aliphatic imine (C=N–C) groups is 1. The molecule has 2 heterocycles. The number of anilines is 1. The molecule has 1 unspecified atom stereocenters. The Kier molecular flexibility index (Phi) is 13.6. The van der Waals surface area contributed by atoms with Crippen LogP contribution >= 0.6 is 0 Å². The number of amides is 2. The van der Waals surface area contributed by atoms with E-state index in [-0.39, 0.29) is 29.4 Å². The normalized spacial score (nSPS) is 18.9. The summed E-state index contributed by atoms with van der Waals surface area (Å²) in [6.45, 7) is 5.79. The molecule has 0 spiro atoms. The molecule has 2 aliphatic heterocycles. The van der Waals surface area contributed by atoms with Crippen molar-refractivity contribution in [1.29, 1.82) is 0 Å². The average molecular weight is 558 g/mol. The standard InChI is InChI=1S/C22H32N8O3.C5H11NO/c1-29(2)11-4-6-18(32)30-12-3-5-17(13-30)27-22(25)28-21(19(23)20(24)33)26-16-9-7-15(14-31)8-10-16;1-6-2-4-7-5-3-6/h4,6-10,14,17,26H,3,5,11-13,23H2,1-2H3,(H2,24,33)(H3,25,27,28);2-5H2,1H3/b6-4+,21-19-;. The number of likely N-dealkylation sites (N-methyl/N-ethyl adjacent to an activating group) is 2. The third-order valence-electron chi connectivity index (χ3n) is 6.10. The molecule has 1 atom stereocenters. The van der Waals surface area contributed by atoms with Crippen LogP contribution in [0.2, 0.25) is 0 Å². The molecule has 3 rings (SSSR count). The Balaban J connectivity index is 0.000000693. The minimum atomic E-state index is -0.846. The number of primary amides is 1. The van der Waals surface area contributed by atoms with E-state index in [1.165, 1.54) is 0 Å². The molecule has 1 aromatic rings. The van der Waals surface area contributed by atoms with Gasteiger partial charge in [0.2, 0.25) is 5.91 Å². The van der Waals surface area contributed by atoms with E-state index in [1.807, 2.05) is 25.1 Å². The number of hydrogen-bond donors (Lipinski definition) is 5. The van der Waals surface area contributed by atoms with Gasteiger partial charge in [-0.3, -0.25) is 14.4 Å². The monoisotopic (exact) mass is 557 g/mol. The third kappa shape index (κ3) is 11.8. The predicted octanol–water partition coefficient (Wildman–Crippen LogP) is -0.514. The maximum absolute atomic E-state index is 12.4. The number of benzene rings is 1. The van der Waals surface area contributed by atoms with Gasteiger partial charge in [0, 0.05) is 50.1 Å². The van der Waals surface area contributed by atoms with Crippen LogP contribution in [0.15, 0.2) is 52.9 Å². The van der Waals surface area contributed by atoms with Crippen molar-refractivity contribution in [2.45, 2.75) is 18.9 Å². The van der Waals surface area contributed by atoms with Gasteiger partial charge in [-0.2, -0.15) is 0 Å². The summed E-state index contributed by atoms with van der Waals surface area (Å²) < 4.78 is 5.10. The Labute approximate surface area is 236 Å². The largest absolute Gasteiger partial charge is 0.391 e. The Morgan fingerprint density at radius 2 is 1.80 bits per heavy atom. The number of morpholine rings is 1. The summed E-state index contributed by atoms with van der Waals surface area (Å²) in [6, 6.07) is 6.28. The topological polar surface area (TPSA) is 185 Å². The van der Waals surface area contributed by atoms with E-state index in [4.69, 9.17) is 21.9 Å². The van der Waals surface area contributed by atoms with Crippen molar-refractivity contribution in [2.24, 2.45) is 22.2 Å². The number of nitrogens with two attached hydrogens (primary N) is 3. The maximum atomic E-state index is 12.4. The third-order valence-corrected chi connectivity index (χ3v) is 6.10. The van der Waals surface area contributed by atoms with Gasteiger partial charge in [-0.25, -0.2) is 4.99 Å². The molecular formula is C27H43N9O4. The summed E-state index contributed by atoms with van der Waals surface area (Å²) in [5.41, 5.74) is 18.0. The summed E-state index contributed by atoms with van der Waals surface area (Å²) in [5.74, 6) is -0.824. The average Bonchev–Trinajstić information content (AvgIpc) is 2.93. The number of ether oxygens (including phenoxy) is 1. The van der Waals surface area contributed by atoms with Crippen LogP contribution in [-0.2, 0) is 14.3 Å². The Hall–Kier alpha value is -3.94. The molecule has 0 saturated carbocycles. The zero-order valence-corrected chi connectivity index (χ0v) is 23.6. The summed E-state index contributed by atoms with van der Waals surface area (Å²) in [4.78, 5) is 45.3. The number of aldehydes is 1. The van der Waals surface area contributed by atoms with Crippen molar-refractivity contribution in [3.05, 3.63) is 53.5 Å². The Morgan fingerprint density at radius 1 is 1.12 bits per heavy atom. The molecule has 0 aromatic heterocycles. The van der Waals surface area contributed by atoms with Crippen LogP contribution in [0.1, 0.15) is 23.2 Å². The molecule has 0 aliphatic carbocycles. The van der Waals surface area contributed by atoms with Gasteiger partial charge in [0.25, 0.3) is 5.91 Å². The number of likely N-dealkylation sites (tertiary alicyclic amines) is 1. The maximum Gasteiger partial charge on any atom is 0.268 e. The SMILES string of the molecule is CN(C)C/C=C/C(=O)N1CCCC(N=C(N)N/C(Nc2ccc(C=O)cc2)=C(\N)C(N)=O)C1.CN1CCOCC1. The van der Waals surface area contributed by atoms with E-state index in [0.29, 0.717) is 30.9 Å². The van der Waals surface area contributed by atoms with Gasteiger partial charge in [0.1, 0.15) is 17.8 Å². The summed E-state index contributed by atoms with van der Waals surface area (Å²) >= 11 is 0. The molecular weight excluding hydrogens is 514 g/mol. The van der Waals surface area contributed by atoms with Gasteiger partial charge < -0.3 is 47.3 Å². The summed E-state index contributed by atoms with van der Waals surface area (Å²) in [6.07, 6.45) is 5.67. The fourth-order valence-electron chi connectivity index (χ4n) is 3.82. The van der Waals surface area contributed by atoms with Crippen molar-refractivity contribution in [3.8, 4) is 0 Å². The smallest absolute Gasteiger partial charge is 0.268 e. The van der Waals surface area contributed by atoms with E-state index >= 15 is 0 Å². The zero-order valence-electron chi connectivity index (χ0n) is 23.6. The number of guanidine groups is 1. The molecule has 2 fully saturated rings. The van der Waals surface area contributed by atoms with Gasteiger partial charge >= 0.3 is 0 Å². The second kappa shape index (κ2) is 16.9. The fraction of sp³-hybridized carbons (Fsp3) is 0.481. The summed E-state index contributed by atoms with van der Waals surface area (Å²) in [7, 11) is 5.97. The number of nitrogens with zero attached hydrogens (tertiary/aromatic N) is 4. The lowest BCUT2D eigenvalue weighted by Gasteiger charge is -2.30. The molecule has 13 nitrogen and oxygen atoms in total. The quantitative estimate of drug-likeness (QED) is 0.115. The van der Waals surface area contributed by atoms with E-state index in [2.05, 4.69) is 27.6 Å². The molecule has 1 aromatic carbocycles. The van der Waals surface area contributed by atoms with Crippen LogP contribution in [0, 0.1) is 0 Å². The van der Waals surface area contributed by atoms with Crippen molar-refractivity contribution >= 4 is 29.7 Å². The number of nitrogens with one attached hydrogen (secondary N) is 2.